The lowest BCUT2D eigenvalue weighted by Gasteiger charge is -2.19. The smallest absolute Gasteiger partial charge is 0.162 e. The van der Waals surface area contributed by atoms with Gasteiger partial charge in [0.2, 0.25) is 0 Å². The van der Waals surface area contributed by atoms with Gasteiger partial charge in [0, 0.05) is 11.1 Å². The maximum absolute atomic E-state index is 13.2. The van der Waals surface area contributed by atoms with Gasteiger partial charge in [0.15, 0.2) is 11.5 Å². The molecule has 2 aromatic rings. The Morgan fingerprint density at radius 2 is 1.67 bits per heavy atom. The van der Waals surface area contributed by atoms with Crippen LogP contribution in [0.2, 0.25) is 5.02 Å². The first-order valence-corrected chi connectivity index (χ1v) is 6.78. The second-order valence-electron chi connectivity index (χ2n) is 4.71. The van der Waals surface area contributed by atoms with Crippen molar-refractivity contribution in [1.82, 2.24) is 0 Å². The van der Waals surface area contributed by atoms with E-state index in [1.165, 1.54) is 19.2 Å². The molecule has 5 heteroatoms. The Hall–Kier alpha value is -1.78. The van der Waals surface area contributed by atoms with Gasteiger partial charge < -0.3 is 15.2 Å². The van der Waals surface area contributed by atoms with Gasteiger partial charge in [0.05, 0.1) is 20.3 Å². The van der Waals surface area contributed by atoms with Crippen LogP contribution in [0.3, 0.4) is 0 Å². The first kappa shape index (κ1) is 15.6. The molecular formula is C16H17ClFNO2. The highest BCUT2D eigenvalue weighted by Gasteiger charge is 2.18. The van der Waals surface area contributed by atoms with Crippen molar-refractivity contribution in [2.75, 3.05) is 14.2 Å². The van der Waals surface area contributed by atoms with Gasteiger partial charge in [-0.1, -0.05) is 17.7 Å². The highest BCUT2D eigenvalue weighted by Crippen LogP contribution is 2.37. The number of hydrogen-bond donors (Lipinski definition) is 1. The van der Waals surface area contributed by atoms with Crippen LogP contribution in [0.1, 0.15) is 22.7 Å². The Morgan fingerprint density at radius 1 is 1.05 bits per heavy atom. The zero-order valence-electron chi connectivity index (χ0n) is 12.1. The predicted molar refractivity (Wildman–Crippen MR) is 81.7 cm³/mol. The van der Waals surface area contributed by atoms with E-state index in [1.54, 1.807) is 25.3 Å². The quantitative estimate of drug-likeness (QED) is 0.933. The van der Waals surface area contributed by atoms with Crippen molar-refractivity contribution >= 4 is 11.6 Å². The molecule has 0 heterocycles. The molecule has 2 N–H and O–H groups in total. The molecule has 0 aliphatic carbocycles. The Balaban J connectivity index is 2.50. The average molecular weight is 310 g/mol. The van der Waals surface area contributed by atoms with Gasteiger partial charge in [-0.3, -0.25) is 0 Å². The molecule has 0 saturated carbocycles. The Labute approximate surface area is 128 Å². The minimum Gasteiger partial charge on any atom is -0.493 e. The summed E-state index contributed by atoms with van der Waals surface area (Å²) in [5, 5.41) is 0.476. The summed E-state index contributed by atoms with van der Waals surface area (Å²) in [6.07, 6.45) is 0. The first-order chi connectivity index (χ1) is 9.97. The number of nitrogens with two attached hydrogens (primary N) is 1. The van der Waals surface area contributed by atoms with E-state index >= 15 is 0 Å². The van der Waals surface area contributed by atoms with Crippen molar-refractivity contribution in [1.29, 1.82) is 0 Å². The van der Waals surface area contributed by atoms with E-state index in [2.05, 4.69) is 0 Å². The SMILES string of the molecule is COc1cc(Cl)c(C(N)c2ccc(F)cc2C)cc1OC. The van der Waals surface area contributed by atoms with Crippen molar-refractivity contribution < 1.29 is 13.9 Å². The number of ether oxygens (including phenoxy) is 2. The first-order valence-electron chi connectivity index (χ1n) is 6.41. The molecule has 0 aliphatic rings. The molecule has 0 amide bonds. The molecule has 0 bridgehead atoms. The van der Waals surface area contributed by atoms with Gasteiger partial charge in [-0.25, -0.2) is 4.39 Å². The molecule has 0 spiro atoms. The van der Waals surface area contributed by atoms with Crippen molar-refractivity contribution in [3.05, 3.63) is 57.9 Å². The summed E-state index contributed by atoms with van der Waals surface area (Å²) in [4.78, 5) is 0. The van der Waals surface area contributed by atoms with Crippen molar-refractivity contribution in [3.8, 4) is 11.5 Å². The molecule has 0 fully saturated rings. The molecule has 3 nitrogen and oxygen atoms in total. The van der Waals surface area contributed by atoms with E-state index < -0.39 is 6.04 Å². The fourth-order valence-electron chi connectivity index (χ4n) is 2.26. The monoisotopic (exact) mass is 309 g/mol. The van der Waals surface area contributed by atoms with Crippen LogP contribution in [0.5, 0.6) is 11.5 Å². The third-order valence-electron chi connectivity index (χ3n) is 3.40. The predicted octanol–water partition coefficient (Wildman–Crippen LogP) is 3.85. The van der Waals surface area contributed by atoms with Gasteiger partial charge in [-0.2, -0.15) is 0 Å². The molecule has 0 aliphatic heterocycles. The summed E-state index contributed by atoms with van der Waals surface area (Å²) in [5.74, 6) is 0.795. The van der Waals surface area contributed by atoms with Crippen LogP contribution in [0.15, 0.2) is 30.3 Å². The molecular weight excluding hydrogens is 293 g/mol. The minimum atomic E-state index is -0.474. The van der Waals surface area contributed by atoms with E-state index in [-0.39, 0.29) is 5.82 Å². The van der Waals surface area contributed by atoms with E-state index in [4.69, 9.17) is 26.8 Å². The van der Waals surface area contributed by atoms with Crippen LogP contribution in [-0.4, -0.2) is 14.2 Å². The van der Waals surface area contributed by atoms with Gasteiger partial charge in [-0.15, -0.1) is 0 Å². The lowest BCUT2D eigenvalue weighted by atomic mass is 9.95. The van der Waals surface area contributed by atoms with Gasteiger partial charge in [0.25, 0.3) is 0 Å². The largest absolute Gasteiger partial charge is 0.493 e. The summed E-state index contributed by atoms with van der Waals surface area (Å²) in [5.41, 5.74) is 8.56. The molecule has 2 rings (SSSR count). The normalized spacial score (nSPS) is 12.1. The van der Waals surface area contributed by atoms with E-state index in [0.717, 1.165) is 11.1 Å². The lowest BCUT2D eigenvalue weighted by molar-refractivity contribution is 0.354. The molecule has 21 heavy (non-hydrogen) atoms. The summed E-state index contributed by atoms with van der Waals surface area (Å²) in [6.45, 7) is 1.81. The van der Waals surface area contributed by atoms with Crippen LogP contribution in [0.25, 0.3) is 0 Å². The third kappa shape index (κ3) is 3.12. The number of aryl methyl sites for hydroxylation is 1. The number of halogens is 2. The standard InChI is InChI=1S/C16H17ClFNO2/c1-9-6-10(18)4-5-11(9)16(19)12-7-14(20-2)15(21-3)8-13(12)17/h4-8,16H,19H2,1-3H3. The van der Waals surface area contributed by atoms with Crippen LogP contribution >= 0.6 is 11.6 Å². The molecule has 0 saturated heterocycles. The van der Waals surface area contributed by atoms with Crippen molar-refractivity contribution in [3.63, 3.8) is 0 Å². The highest BCUT2D eigenvalue weighted by molar-refractivity contribution is 6.31. The van der Waals surface area contributed by atoms with Crippen molar-refractivity contribution in [2.24, 2.45) is 5.73 Å². The topological polar surface area (TPSA) is 44.5 Å². The van der Waals surface area contributed by atoms with Crippen LogP contribution < -0.4 is 15.2 Å². The zero-order valence-corrected chi connectivity index (χ0v) is 12.9. The summed E-state index contributed by atoms with van der Waals surface area (Å²) >= 11 is 6.28. The molecule has 1 unspecified atom stereocenters. The Bertz CT molecular complexity index is 661. The van der Waals surface area contributed by atoms with E-state index in [1.807, 2.05) is 6.92 Å². The fraction of sp³-hybridized carbons (Fsp3) is 0.250. The zero-order chi connectivity index (χ0) is 15.6. The second kappa shape index (κ2) is 6.33. The van der Waals surface area contributed by atoms with Crippen LogP contribution in [-0.2, 0) is 0 Å². The van der Waals surface area contributed by atoms with E-state index in [0.29, 0.717) is 22.1 Å². The molecule has 112 valence electrons. The maximum atomic E-state index is 13.2. The molecule has 1 atom stereocenters. The molecule has 0 radical (unpaired) electrons. The van der Waals surface area contributed by atoms with E-state index in [9.17, 15) is 4.39 Å². The fourth-order valence-corrected chi connectivity index (χ4v) is 2.54. The molecule has 2 aromatic carbocycles. The summed E-state index contributed by atoms with van der Waals surface area (Å²) in [7, 11) is 3.09. The van der Waals surface area contributed by atoms with Crippen molar-refractivity contribution in [2.45, 2.75) is 13.0 Å². The lowest BCUT2D eigenvalue weighted by Crippen LogP contribution is -2.14. The number of rotatable bonds is 4. The van der Waals surface area contributed by atoms with Gasteiger partial charge in [0.1, 0.15) is 5.82 Å². The highest BCUT2D eigenvalue weighted by atomic mass is 35.5. The number of hydrogen-bond acceptors (Lipinski definition) is 3. The Kier molecular flexibility index (Phi) is 4.70. The van der Waals surface area contributed by atoms with Crippen LogP contribution in [0.4, 0.5) is 4.39 Å². The number of methoxy groups -OCH3 is 2. The maximum Gasteiger partial charge on any atom is 0.162 e. The average Bonchev–Trinajstić information content (AvgIpc) is 2.46. The van der Waals surface area contributed by atoms with Gasteiger partial charge in [-0.05, 0) is 41.8 Å². The number of benzene rings is 2. The summed E-state index contributed by atoms with van der Waals surface area (Å²) in [6, 6.07) is 7.43. The third-order valence-corrected chi connectivity index (χ3v) is 3.73. The van der Waals surface area contributed by atoms with Gasteiger partial charge >= 0.3 is 0 Å². The molecule has 0 aromatic heterocycles. The minimum absolute atomic E-state index is 0.290. The van der Waals surface area contributed by atoms with Crippen LogP contribution in [0, 0.1) is 12.7 Å². The summed E-state index contributed by atoms with van der Waals surface area (Å²) < 4.78 is 23.7. The Morgan fingerprint density at radius 3 is 2.24 bits per heavy atom. The second-order valence-corrected chi connectivity index (χ2v) is 5.11.